The number of carbonyl (C=O) groups is 1. The van der Waals surface area contributed by atoms with E-state index in [1.165, 1.54) is 6.33 Å². The van der Waals surface area contributed by atoms with Crippen LogP contribution in [0.25, 0.3) is 27.9 Å². The summed E-state index contributed by atoms with van der Waals surface area (Å²) in [6, 6.07) is 5.60. The summed E-state index contributed by atoms with van der Waals surface area (Å²) in [5.41, 5.74) is 1.67. The fourth-order valence-corrected chi connectivity index (χ4v) is 2.97. The van der Waals surface area contributed by atoms with Crippen molar-refractivity contribution in [2.24, 2.45) is 0 Å². The summed E-state index contributed by atoms with van der Waals surface area (Å²) >= 11 is 6.13. The van der Waals surface area contributed by atoms with E-state index in [1.54, 1.807) is 29.5 Å². The second kappa shape index (κ2) is 6.84. The molecule has 0 aliphatic carbocycles. The first-order valence-corrected chi connectivity index (χ1v) is 8.54. The largest absolute Gasteiger partial charge is 0.497 e. The number of hydrogen-bond acceptors (Lipinski definition) is 7. The van der Waals surface area contributed by atoms with Gasteiger partial charge in [-0.05, 0) is 30.7 Å². The van der Waals surface area contributed by atoms with Crippen LogP contribution in [0.5, 0.6) is 5.75 Å². The van der Waals surface area contributed by atoms with Gasteiger partial charge < -0.3 is 14.0 Å². The van der Waals surface area contributed by atoms with Crippen LogP contribution in [0.3, 0.4) is 0 Å². The highest BCUT2D eigenvalue weighted by Crippen LogP contribution is 2.26. The van der Waals surface area contributed by atoms with Crippen LogP contribution in [-0.2, 0) is 16.1 Å². The number of methoxy groups -OCH3 is 1. The molecule has 27 heavy (non-hydrogen) atoms. The number of nitrogens with zero attached hydrogens (tertiary/aromatic N) is 6. The molecule has 0 fully saturated rings. The molecule has 0 amide bonds. The van der Waals surface area contributed by atoms with Crippen LogP contribution in [-0.4, -0.2) is 49.0 Å². The highest BCUT2D eigenvalue weighted by molar-refractivity contribution is 6.28. The minimum Gasteiger partial charge on any atom is -0.497 e. The lowest BCUT2D eigenvalue weighted by molar-refractivity contribution is -0.143. The van der Waals surface area contributed by atoms with Gasteiger partial charge in [-0.1, -0.05) is 0 Å². The third-order valence-electron chi connectivity index (χ3n) is 4.00. The summed E-state index contributed by atoms with van der Waals surface area (Å²) in [5, 5.41) is 5.33. The van der Waals surface area contributed by atoms with Crippen LogP contribution in [0.15, 0.2) is 30.7 Å². The zero-order valence-corrected chi connectivity index (χ0v) is 15.3. The number of fused-ring (bicyclic) bond motifs is 2. The van der Waals surface area contributed by atoms with E-state index in [2.05, 4.69) is 20.1 Å². The zero-order chi connectivity index (χ0) is 19.0. The molecule has 0 unspecified atom stereocenters. The van der Waals surface area contributed by atoms with E-state index < -0.39 is 0 Å². The van der Waals surface area contributed by atoms with Gasteiger partial charge in [-0.25, -0.2) is 9.67 Å². The monoisotopic (exact) mass is 386 g/mol. The minimum absolute atomic E-state index is 0.0228. The summed E-state index contributed by atoms with van der Waals surface area (Å²) in [6.07, 6.45) is 3.22. The Balaban J connectivity index is 1.88. The van der Waals surface area contributed by atoms with E-state index in [-0.39, 0.29) is 17.8 Å². The molecule has 0 atom stereocenters. The van der Waals surface area contributed by atoms with Crippen LogP contribution in [0, 0.1) is 0 Å². The average Bonchev–Trinajstić information content (AvgIpc) is 3.25. The van der Waals surface area contributed by atoms with E-state index >= 15 is 0 Å². The molecule has 0 saturated heterocycles. The van der Waals surface area contributed by atoms with Crippen LogP contribution < -0.4 is 4.74 Å². The Hall–Kier alpha value is -3.20. The number of carbonyl (C=O) groups excluding carboxylic acids is 1. The third kappa shape index (κ3) is 3.06. The van der Waals surface area contributed by atoms with Crippen molar-refractivity contribution >= 4 is 39.6 Å². The second-order valence-electron chi connectivity index (χ2n) is 5.65. The average molecular weight is 387 g/mol. The zero-order valence-electron chi connectivity index (χ0n) is 14.6. The number of benzene rings is 1. The third-order valence-corrected chi connectivity index (χ3v) is 4.17. The highest BCUT2D eigenvalue weighted by Gasteiger charge is 2.18. The Labute approximate surface area is 158 Å². The maximum Gasteiger partial charge on any atom is 0.326 e. The number of imidazole rings is 1. The summed E-state index contributed by atoms with van der Waals surface area (Å²) < 4.78 is 13.5. The number of rotatable bonds is 5. The number of hydrogen-bond donors (Lipinski definition) is 0. The van der Waals surface area contributed by atoms with E-state index in [0.29, 0.717) is 29.3 Å². The molecule has 0 radical (unpaired) electrons. The number of esters is 1. The molecule has 138 valence electrons. The van der Waals surface area contributed by atoms with Gasteiger partial charge in [-0.15, -0.1) is 0 Å². The van der Waals surface area contributed by atoms with Crippen molar-refractivity contribution in [1.29, 1.82) is 0 Å². The van der Waals surface area contributed by atoms with Gasteiger partial charge in [0.05, 0.1) is 31.8 Å². The van der Waals surface area contributed by atoms with Gasteiger partial charge in [-0.2, -0.15) is 15.1 Å². The van der Waals surface area contributed by atoms with Gasteiger partial charge in [0.25, 0.3) is 0 Å². The van der Waals surface area contributed by atoms with Crippen molar-refractivity contribution in [1.82, 2.24) is 29.3 Å². The van der Waals surface area contributed by atoms with Crippen molar-refractivity contribution in [3.8, 4) is 11.6 Å². The summed E-state index contributed by atoms with van der Waals surface area (Å²) in [7, 11) is 1.60. The molecule has 0 N–H and O–H groups in total. The van der Waals surface area contributed by atoms with Crippen molar-refractivity contribution in [2.75, 3.05) is 13.7 Å². The van der Waals surface area contributed by atoms with Gasteiger partial charge in [-0.3, -0.25) is 4.79 Å². The van der Waals surface area contributed by atoms with Crippen molar-refractivity contribution in [2.45, 2.75) is 13.5 Å². The lowest BCUT2D eigenvalue weighted by atomic mass is 10.2. The van der Waals surface area contributed by atoms with Crippen LogP contribution in [0.1, 0.15) is 6.92 Å². The fourth-order valence-electron chi connectivity index (χ4n) is 2.81. The molecule has 4 aromatic rings. The Kier molecular flexibility index (Phi) is 4.36. The molecule has 4 rings (SSSR count). The van der Waals surface area contributed by atoms with Gasteiger partial charge in [0, 0.05) is 11.5 Å². The summed E-state index contributed by atoms with van der Waals surface area (Å²) in [5.74, 6) is 0.715. The predicted molar refractivity (Wildman–Crippen MR) is 98.1 cm³/mol. The normalized spacial score (nSPS) is 11.2. The van der Waals surface area contributed by atoms with Crippen LogP contribution >= 0.6 is 11.6 Å². The number of halogens is 1. The topological polar surface area (TPSA) is 97.0 Å². The van der Waals surface area contributed by atoms with Crippen molar-refractivity contribution in [3.05, 3.63) is 36.0 Å². The number of aromatic nitrogens is 6. The lowest BCUT2D eigenvalue weighted by Gasteiger charge is -2.07. The molecule has 0 aliphatic rings. The van der Waals surface area contributed by atoms with Crippen molar-refractivity contribution < 1.29 is 14.3 Å². The first kappa shape index (κ1) is 17.2. The molecular weight excluding hydrogens is 372 g/mol. The second-order valence-corrected chi connectivity index (χ2v) is 5.99. The molecule has 3 heterocycles. The first-order chi connectivity index (χ1) is 13.1. The Bertz CT molecular complexity index is 1150. The maximum atomic E-state index is 11.8. The van der Waals surface area contributed by atoms with Gasteiger partial charge >= 0.3 is 5.97 Å². The summed E-state index contributed by atoms with van der Waals surface area (Å²) in [4.78, 5) is 24.7. The molecule has 0 aliphatic heterocycles. The van der Waals surface area contributed by atoms with E-state index in [9.17, 15) is 4.79 Å². The molecule has 0 spiro atoms. The molecule has 1 aromatic carbocycles. The Morgan fingerprint density at radius 1 is 1.30 bits per heavy atom. The van der Waals surface area contributed by atoms with E-state index in [1.807, 2.05) is 18.2 Å². The lowest BCUT2D eigenvalue weighted by Crippen LogP contribution is -2.13. The molecule has 3 aromatic heterocycles. The Morgan fingerprint density at radius 2 is 2.15 bits per heavy atom. The number of ether oxygens (including phenoxy) is 2. The van der Waals surface area contributed by atoms with Gasteiger partial charge in [0.1, 0.15) is 12.3 Å². The molecular formula is C17H15ClN6O3. The maximum absolute atomic E-state index is 11.8. The van der Waals surface area contributed by atoms with Gasteiger partial charge in [0.2, 0.25) is 5.28 Å². The summed E-state index contributed by atoms with van der Waals surface area (Å²) in [6.45, 7) is 2.02. The quantitative estimate of drug-likeness (QED) is 0.383. The van der Waals surface area contributed by atoms with Crippen molar-refractivity contribution in [3.63, 3.8) is 0 Å². The smallest absolute Gasteiger partial charge is 0.326 e. The molecule has 10 heteroatoms. The van der Waals surface area contributed by atoms with Gasteiger partial charge in [0.15, 0.2) is 17.0 Å². The molecule has 0 saturated carbocycles. The minimum atomic E-state index is -0.387. The molecule has 9 nitrogen and oxygen atoms in total. The van der Waals surface area contributed by atoms with E-state index in [0.717, 1.165) is 10.9 Å². The highest BCUT2D eigenvalue weighted by atomic mass is 35.5. The van der Waals surface area contributed by atoms with Crippen LogP contribution in [0.4, 0.5) is 0 Å². The first-order valence-electron chi connectivity index (χ1n) is 8.17. The molecule has 0 bridgehead atoms. The fraction of sp³-hybridized carbons (Fsp3) is 0.235. The van der Waals surface area contributed by atoms with E-state index in [4.69, 9.17) is 21.1 Å². The SMILES string of the molecule is CCOC(=O)Cn1cnc2c(-n3ncc4ccc(OC)cc43)nc(Cl)nc21. The Morgan fingerprint density at radius 3 is 2.93 bits per heavy atom. The standard InChI is InChI=1S/C17H15ClN6O3/c1-3-27-13(25)8-23-9-19-14-15(23)21-17(18)22-16(14)24-12-6-11(26-2)5-4-10(12)7-20-24/h4-7,9H,3,8H2,1-2H3. The predicted octanol–water partition coefficient (Wildman–Crippen LogP) is 2.39. The van der Waals surface area contributed by atoms with Crippen LogP contribution in [0.2, 0.25) is 5.28 Å².